The number of nitro benzene ring substituents is 2. The van der Waals surface area contributed by atoms with E-state index in [1.807, 2.05) is 0 Å². The molecule has 2 aromatic carbocycles. The highest BCUT2D eigenvalue weighted by atomic mass is 16.6. The summed E-state index contributed by atoms with van der Waals surface area (Å²) in [6.45, 7) is 1.06. The molecule has 0 aliphatic carbocycles. The summed E-state index contributed by atoms with van der Waals surface area (Å²) in [5, 5.41) is 21.7. The van der Waals surface area contributed by atoms with Crippen LogP contribution in [0.2, 0.25) is 0 Å². The fourth-order valence-corrected chi connectivity index (χ4v) is 2.98. The van der Waals surface area contributed by atoms with E-state index in [2.05, 4.69) is 0 Å². The molecule has 2 amide bonds. The van der Waals surface area contributed by atoms with E-state index >= 15 is 0 Å². The van der Waals surface area contributed by atoms with Crippen LogP contribution in [0.4, 0.5) is 11.4 Å². The van der Waals surface area contributed by atoms with E-state index in [1.165, 1.54) is 58.3 Å². The van der Waals surface area contributed by atoms with E-state index in [1.54, 1.807) is 0 Å². The number of nitro groups is 2. The van der Waals surface area contributed by atoms with Gasteiger partial charge in [-0.1, -0.05) is 12.1 Å². The Morgan fingerprint density at radius 2 is 1.07 bits per heavy atom. The van der Waals surface area contributed by atoms with Crippen molar-refractivity contribution in [3.8, 4) is 0 Å². The lowest BCUT2D eigenvalue weighted by Gasteiger charge is -2.34. The third kappa shape index (κ3) is 3.95. The van der Waals surface area contributed by atoms with Gasteiger partial charge in [-0.05, 0) is 12.1 Å². The van der Waals surface area contributed by atoms with Gasteiger partial charge >= 0.3 is 0 Å². The van der Waals surface area contributed by atoms with E-state index in [0.29, 0.717) is 0 Å². The first-order valence-corrected chi connectivity index (χ1v) is 8.44. The Morgan fingerprint density at radius 1 is 0.714 bits per heavy atom. The molecule has 0 spiro atoms. The molecule has 2 aromatic rings. The first kappa shape index (κ1) is 19.0. The Hall–Kier alpha value is -3.82. The molecule has 1 aliphatic rings. The molecule has 0 unspecified atom stereocenters. The molecular formula is C18H16N4O6. The zero-order chi connectivity index (χ0) is 20.3. The number of carbonyl (C=O) groups excluding carboxylic acids is 2. The number of amides is 2. The van der Waals surface area contributed by atoms with Crippen LogP contribution in [-0.4, -0.2) is 57.6 Å². The maximum atomic E-state index is 12.6. The Bertz CT molecular complexity index is 875. The lowest BCUT2D eigenvalue weighted by molar-refractivity contribution is -0.385. The van der Waals surface area contributed by atoms with Crippen LogP contribution in [0.1, 0.15) is 20.7 Å². The largest absolute Gasteiger partial charge is 0.335 e. The van der Waals surface area contributed by atoms with Crippen molar-refractivity contribution >= 4 is 23.2 Å². The zero-order valence-electron chi connectivity index (χ0n) is 14.7. The minimum atomic E-state index is -0.563. The Kier molecular flexibility index (Phi) is 5.30. The van der Waals surface area contributed by atoms with Crippen LogP contribution in [0, 0.1) is 20.2 Å². The summed E-state index contributed by atoms with van der Waals surface area (Å²) in [7, 11) is 0. The van der Waals surface area contributed by atoms with Gasteiger partial charge in [0.1, 0.15) is 0 Å². The lowest BCUT2D eigenvalue weighted by atomic mass is 10.1. The normalized spacial score (nSPS) is 13.9. The van der Waals surface area contributed by atoms with Gasteiger partial charge in [-0.15, -0.1) is 0 Å². The number of carbonyl (C=O) groups is 2. The van der Waals surface area contributed by atoms with Crippen LogP contribution >= 0.6 is 0 Å². The third-order valence-electron chi connectivity index (χ3n) is 4.46. The Labute approximate surface area is 159 Å². The molecular weight excluding hydrogens is 368 g/mol. The SMILES string of the molecule is O=C(c1cccc([N+](=O)[O-])c1)N1CCN(C(=O)c2cccc([N+](=O)[O-])c2)CC1. The fraction of sp³-hybridized carbons (Fsp3) is 0.222. The molecule has 0 radical (unpaired) electrons. The number of piperazine rings is 1. The van der Waals surface area contributed by atoms with Crippen molar-refractivity contribution < 1.29 is 19.4 Å². The molecule has 144 valence electrons. The molecule has 1 saturated heterocycles. The van der Waals surface area contributed by atoms with Gasteiger partial charge in [-0.2, -0.15) is 0 Å². The minimum Gasteiger partial charge on any atom is -0.335 e. The van der Waals surface area contributed by atoms with Gasteiger partial charge in [-0.3, -0.25) is 29.8 Å². The number of rotatable bonds is 4. The smallest absolute Gasteiger partial charge is 0.270 e. The van der Waals surface area contributed by atoms with Crippen LogP contribution < -0.4 is 0 Å². The quantitative estimate of drug-likeness (QED) is 0.587. The van der Waals surface area contributed by atoms with Gasteiger partial charge in [0.25, 0.3) is 23.2 Å². The minimum absolute atomic E-state index is 0.162. The second-order valence-electron chi connectivity index (χ2n) is 6.20. The van der Waals surface area contributed by atoms with Crippen molar-refractivity contribution in [2.75, 3.05) is 26.2 Å². The predicted octanol–water partition coefficient (Wildman–Crippen LogP) is 2.10. The number of benzene rings is 2. The molecule has 28 heavy (non-hydrogen) atoms. The maximum Gasteiger partial charge on any atom is 0.270 e. The van der Waals surface area contributed by atoms with E-state index in [0.717, 1.165) is 0 Å². The first-order chi connectivity index (χ1) is 13.4. The van der Waals surface area contributed by atoms with Crippen LogP contribution in [0.15, 0.2) is 48.5 Å². The second kappa shape index (κ2) is 7.82. The highest BCUT2D eigenvalue weighted by Crippen LogP contribution is 2.18. The van der Waals surface area contributed by atoms with Gasteiger partial charge in [-0.25, -0.2) is 0 Å². The summed E-state index contributed by atoms with van der Waals surface area (Å²) in [6.07, 6.45) is 0. The third-order valence-corrected chi connectivity index (χ3v) is 4.46. The van der Waals surface area contributed by atoms with Gasteiger partial charge in [0.15, 0.2) is 0 Å². The maximum absolute atomic E-state index is 12.6. The van der Waals surface area contributed by atoms with Gasteiger partial charge in [0, 0.05) is 61.6 Å². The van der Waals surface area contributed by atoms with E-state index in [-0.39, 0.29) is 60.5 Å². The molecule has 0 atom stereocenters. The summed E-state index contributed by atoms with van der Waals surface area (Å²) < 4.78 is 0. The van der Waals surface area contributed by atoms with Gasteiger partial charge in [0.05, 0.1) is 9.85 Å². The van der Waals surface area contributed by atoms with Crippen LogP contribution in [0.25, 0.3) is 0 Å². The topological polar surface area (TPSA) is 127 Å². The molecule has 0 N–H and O–H groups in total. The highest BCUT2D eigenvalue weighted by molar-refractivity contribution is 5.96. The summed E-state index contributed by atoms with van der Waals surface area (Å²) in [6, 6.07) is 11.0. The molecule has 1 aliphatic heterocycles. The molecule has 0 aromatic heterocycles. The van der Waals surface area contributed by atoms with E-state index in [9.17, 15) is 29.8 Å². The molecule has 10 heteroatoms. The molecule has 0 bridgehead atoms. The van der Waals surface area contributed by atoms with Gasteiger partial charge in [0.2, 0.25) is 0 Å². The standard InChI is InChI=1S/C18H16N4O6/c23-17(13-3-1-5-15(11-13)21(25)26)19-7-9-20(10-8-19)18(24)14-4-2-6-16(12-14)22(27)28/h1-6,11-12H,7-10H2. The van der Waals surface area contributed by atoms with Crippen molar-refractivity contribution in [1.82, 2.24) is 9.80 Å². The molecule has 0 saturated carbocycles. The van der Waals surface area contributed by atoms with Crippen molar-refractivity contribution in [3.63, 3.8) is 0 Å². The van der Waals surface area contributed by atoms with Gasteiger partial charge < -0.3 is 9.80 Å². The van der Waals surface area contributed by atoms with Crippen molar-refractivity contribution in [3.05, 3.63) is 79.9 Å². The zero-order valence-corrected chi connectivity index (χ0v) is 14.7. The Morgan fingerprint density at radius 3 is 1.39 bits per heavy atom. The van der Waals surface area contributed by atoms with Crippen molar-refractivity contribution in [2.24, 2.45) is 0 Å². The number of hydrogen-bond acceptors (Lipinski definition) is 6. The summed E-state index contributed by atoms with van der Waals surface area (Å²) >= 11 is 0. The number of hydrogen-bond donors (Lipinski definition) is 0. The molecule has 1 fully saturated rings. The Balaban J connectivity index is 1.65. The van der Waals surface area contributed by atoms with Crippen LogP contribution in [0.5, 0.6) is 0 Å². The molecule has 10 nitrogen and oxygen atoms in total. The summed E-state index contributed by atoms with van der Waals surface area (Å²) in [4.78, 5) is 48.8. The predicted molar refractivity (Wildman–Crippen MR) is 98.0 cm³/mol. The fourth-order valence-electron chi connectivity index (χ4n) is 2.98. The average molecular weight is 384 g/mol. The van der Waals surface area contributed by atoms with Crippen LogP contribution in [-0.2, 0) is 0 Å². The van der Waals surface area contributed by atoms with Crippen molar-refractivity contribution in [1.29, 1.82) is 0 Å². The molecule has 1 heterocycles. The summed E-state index contributed by atoms with van der Waals surface area (Å²) in [5.74, 6) is -0.683. The van der Waals surface area contributed by atoms with E-state index in [4.69, 9.17) is 0 Å². The molecule has 3 rings (SSSR count). The second-order valence-corrected chi connectivity index (χ2v) is 6.20. The monoisotopic (exact) mass is 384 g/mol. The van der Waals surface area contributed by atoms with Crippen LogP contribution in [0.3, 0.4) is 0 Å². The van der Waals surface area contributed by atoms with E-state index < -0.39 is 9.85 Å². The first-order valence-electron chi connectivity index (χ1n) is 8.44. The number of non-ortho nitro benzene ring substituents is 2. The number of nitrogens with zero attached hydrogens (tertiary/aromatic N) is 4. The lowest BCUT2D eigenvalue weighted by Crippen LogP contribution is -2.50. The highest BCUT2D eigenvalue weighted by Gasteiger charge is 2.26. The van der Waals surface area contributed by atoms with Crippen molar-refractivity contribution in [2.45, 2.75) is 0 Å². The summed E-state index contributed by atoms with van der Waals surface area (Å²) in [5.41, 5.74) is 0.107. The average Bonchev–Trinajstić information content (AvgIpc) is 2.73.